The second kappa shape index (κ2) is 10.1. The lowest BCUT2D eigenvalue weighted by molar-refractivity contribution is 0.684. The molecule has 1 aliphatic heterocycles. The zero-order valence-electron chi connectivity index (χ0n) is 15.7. The van der Waals surface area contributed by atoms with E-state index in [2.05, 4.69) is 63.6 Å². The number of hydrogen-bond donors (Lipinski definition) is 2. The van der Waals surface area contributed by atoms with E-state index >= 15 is 0 Å². The predicted octanol–water partition coefficient (Wildman–Crippen LogP) is 4.10. The van der Waals surface area contributed by atoms with Gasteiger partial charge >= 0.3 is 0 Å². The fraction of sp³-hybridized carbons (Fsp3) is 0.474. The number of thiazole rings is 1. The molecular formula is C19H28IN5S. The lowest BCUT2D eigenvalue weighted by Crippen LogP contribution is -2.38. The van der Waals surface area contributed by atoms with Crippen molar-refractivity contribution in [3.05, 3.63) is 45.9 Å². The number of nitrogens with one attached hydrogen (secondary N) is 2. The Bertz CT molecular complexity index is 724. The van der Waals surface area contributed by atoms with E-state index in [-0.39, 0.29) is 30.0 Å². The van der Waals surface area contributed by atoms with Gasteiger partial charge in [-0.05, 0) is 44.4 Å². The minimum atomic E-state index is 0. The normalized spacial score (nSPS) is 15.5. The average Bonchev–Trinajstić information content (AvgIpc) is 3.30. The minimum absolute atomic E-state index is 0. The highest BCUT2D eigenvalue weighted by Crippen LogP contribution is 2.24. The summed E-state index contributed by atoms with van der Waals surface area (Å²) in [7, 11) is 1.80. The molecule has 0 amide bonds. The SMILES string of the molecule is CN=C(NCc1ncc(C)s1)NC(C)c1cccc(N2CCCC2)c1.I. The van der Waals surface area contributed by atoms with Gasteiger partial charge in [0.25, 0.3) is 0 Å². The third-order valence-electron chi connectivity index (χ3n) is 4.49. The van der Waals surface area contributed by atoms with E-state index in [0.717, 1.165) is 11.0 Å². The Labute approximate surface area is 177 Å². The first-order valence-electron chi connectivity index (χ1n) is 8.89. The van der Waals surface area contributed by atoms with Gasteiger partial charge in [0.1, 0.15) is 5.01 Å². The van der Waals surface area contributed by atoms with Crippen LogP contribution >= 0.6 is 35.3 Å². The average molecular weight is 485 g/mol. The van der Waals surface area contributed by atoms with Crippen molar-refractivity contribution in [1.82, 2.24) is 15.6 Å². The van der Waals surface area contributed by atoms with Crippen LogP contribution in [0.5, 0.6) is 0 Å². The summed E-state index contributed by atoms with van der Waals surface area (Å²) in [6, 6.07) is 9.01. The van der Waals surface area contributed by atoms with Crippen LogP contribution in [0.25, 0.3) is 0 Å². The summed E-state index contributed by atoms with van der Waals surface area (Å²) < 4.78 is 0. The molecule has 0 spiro atoms. The largest absolute Gasteiger partial charge is 0.372 e. The van der Waals surface area contributed by atoms with Gasteiger partial charge in [-0.15, -0.1) is 35.3 Å². The molecular weight excluding hydrogens is 457 g/mol. The van der Waals surface area contributed by atoms with Gasteiger partial charge in [0.2, 0.25) is 0 Å². The molecule has 2 heterocycles. The van der Waals surface area contributed by atoms with Gasteiger partial charge in [-0.3, -0.25) is 4.99 Å². The molecule has 0 saturated carbocycles. The molecule has 3 rings (SSSR count). The van der Waals surface area contributed by atoms with Crippen molar-refractivity contribution in [1.29, 1.82) is 0 Å². The molecule has 2 N–H and O–H groups in total. The van der Waals surface area contributed by atoms with Crippen LogP contribution in [0.4, 0.5) is 5.69 Å². The van der Waals surface area contributed by atoms with Gasteiger partial charge in [0.05, 0.1) is 12.6 Å². The molecule has 0 radical (unpaired) electrons. The summed E-state index contributed by atoms with van der Waals surface area (Å²) >= 11 is 1.71. The van der Waals surface area contributed by atoms with Crippen LogP contribution < -0.4 is 15.5 Å². The highest BCUT2D eigenvalue weighted by atomic mass is 127. The summed E-state index contributed by atoms with van der Waals surface area (Å²) in [5.41, 5.74) is 2.60. The van der Waals surface area contributed by atoms with Crippen molar-refractivity contribution in [2.24, 2.45) is 4.99 Å². The van der Waals surface area contributed by atoms with Gasteiger partial charge in [-0.2, -0.15) is 0 Å². The van der Waals surface area contributed by atoms with E-state index in [9.17, 15) is 0 Å². The summed E-state index contributed by atoms with van der Waals surface area (Å²) in [6.07, 6.45) is 4.50. The Morgan fingerprint density at radius 3 is 2.77 bits per heavy atom. The summed E-state index contributed by atoms with van der Waals surface area (Å²) in [4.78, 5) is 12.4. The number of aliphatic imine (C=N–C) groups is 1. The van der Waals surface area contributed by atoms with Crippen molar-refractivity contribution >= 4 is 47.0 Å². The van der Waals surface area contributed by atoms with Gasteiger partial charge in [0, 0.05) is 36.9 Å². The molecule has 5 nitrogen and oxygen atoms in total. The second-order valence-corrected chi connectivity index (χ2v) is 7.76. The summed E-state index contributed by atoms with van der Waals surface area (Å²) in [5.74, 6) is 0.798. The molecule has 1 unspecified atom stereocenters. The monoisotopic (exact) mass is 485 g/mol. The second-order valence-electron chi connectivity index (χ2n) is 6.45. The van der Waals surface area contributed by atoms with E-state index < -0.39 is 0 Å². The van der Waals surface area contributed by atoms with E-state index in [1.807, 2.05) is 6.20 Å². The van der Waals surface area contributed by atoms with Crippen LogP contribution in [-0.2, 0) is 6.54 Å². The minimum Gasteiger partial charge on any atom is -0.372 e. The molecule has 1 aliphatic rings. The number of rotatable bonds is 5. The van der Waals surface area contributed by atoms with Crippen LogP contribution in [0.1, 0.15) is 41.3 Å². The Hall–Kier alpha value is -1.35. The first-order chi connectivity index (χ1) is 12.2. The number of aromatic nitrogens is 1. The van der Waals surface area contributed by atoms with Gasteiger partial charge in [-0.1, -0.05) is 12.1 Å². The van der Waals surface area contributed by atoms with E-state index in [1.165, 1.54) is 42.1 Å². The lowest BCUT2D eigenvalue weighted by Gasteiger charge is -2.22. The molecule has 0 bridgehead atoms. The number of guanidine groups is 1. The molecule has 2 aromatic rings. The van der Waals surface area contributed by atoms with E-state index in [0.29, 0.717) is 6.54 Å². The third kappa shape index (κ3) is 5.57. The molecule has 1 aromatic heterocycles. The lowest BCUT2D eigenvalue weighted by atomic mass is 10.1. The molecule has 1 fully saturated rings. The van der Waals surface area contributed by atoms with Gasteiger partial charge in [0.15, 0.2) is 5.96 Å². The van der Waals surface area contributed by atoms with Crippen molar-refractivity contribution in [3.63, 3.8) is 0 Å². The van der Waals surface area contributed by atoms with E-state index in [1.54, 1.807) is 18.4 Å². The third-order valence-corrected chi connectivity index (χ3v) is 5.41. The number of nitrogens with zero attached hydrogens (tertiary/aromatic N) is 3. The number of halogens is 1. The first-order valence-corrected chi connectivity index (χ1v) is 9.71. The number of aryl methyl sites for hydroxylation is 1. The number of hydrogen-bond acceptors (Lipinski definition) is 4. The van der Waals surface area contributed by atoms with Crippen LogP contribution in [-0.4, -0.2) is 31.1 Å². The molecule has 1 aromatic carbocycles. The number of anilines is 1. The highest BCUT2D eigenvalue weighted by Gasteiger charge is 2.14. The topological polar surface area (TPSA) is 52.6 Å². The predicted molar refractivity (Wildman–Crippen MR) is 122 cm³/mol. The fourth-order valence-electron chi connectivity index (χ4n) is 3.09. The Morgan fingerprint density at radius 2 is 2.12 bits per heavy atom. The fourth-order valence-corrected chi connectivity index (χ4v) is 3.82. The summed E-state index contributed by atoms with van der Waals surface area (Å²) in [5, 5.41) is 7.89. The molecule has 142 valence electrons. The van der Waals surface area contributed by atoms with Crippen LogP contribution in [0, 0.1) is 6.92 Å². The Kier molecular flexibility index (Phi) is 8.15. The standard InChI is InChI=1S/C19H27N5S.HI/c1-14-12-21-18(25-14)13-22-19(20-3)23-15(2)16-7-6-8-17(11-16)24-9-4-5-10-24;/h6-8,11-12,15H,4-5,9-10,13H2,1-3H3,(H2,20,22,23);1H. The van der Waals surface area contributed by atoms with Crippen molar-refractivity contribution in [2.45, 2.75) is 39.3 Å². The van der Waals surface area contributed by atoms with E-state index in [4.69, 9.17) is 0 Å². The van der Waals surface area contributed by atoms with Gasteiger partial charge < -0.3 is 15.5 Å². The zero-order chi connectivity index (χ0) is 17.6. The summed E-state index contributed by atoms with van der Waals surface area (Å²) in [6.45, 7) is 7.27. The zero-order valence-corrected chi connectivity index (χ0v) is 18.8. The van der Waals surface area contributed by atoms with Crippen molar-refractivity contribution < 1.29 is 0 Å². The van der Waals surface area contributed by atoms with Crippen LogP contribution in [0.3, 0.4) is 0 Å². The van der Waals surface area contributed by atoms with Gasteiger partial charge in [-0.25, -0.2) is 4.98 Å². The Balaban J connectivity index is 0.00000243. The smallest absolute Gasteiger partial charge is 0.191 e. The van der Waals surface area contributed by atoms with Crippen LogP contribution in [0.15, 0.2) is 35.5 Å². The van der Waals surface area contributed by atoms with Crippen LogP contribution in [0.2, 0.25) is 0 Å². The molecule has 7 heteroatoms. The molecule has 1 atom stereocenters. The Morgan fingerprint density at radius 1 is 1.35 bits per heavy atom. The molecule has 26 heavy (non-hydrogen) atoms. The maximum absolute atomic E-state index is 4.38. The van der Waals surface area contributed by atoms with Crippen molar-refractivity contribution in [2.75, 3.05) is 25.0 Å². The first kappa shape index (κ1) is 21.0. The molecule has 0 aliphatic carbocycles. The molecule has 1 saturated heterocycles. The highest BCUT2D eigenvalue weighted by molar-refractivity contribution is 14.0. The maximum Gasteiger partial charge on any atom is 0.191 e. The van der Waals surface area contributed by atoms with Crippen molar-refractivity contribution in [3.8, 4) is 0 Å². The number of benzene rings is 1. The quantitative estimate of drug-likeness (QED) is 0.381. The maximum atomic E-state index is 4.38.